The van der Waals surface area contributed by atoms with E-state index in [1.807, 2.05) is 13.8 Å². The molecule has 0 unspecified atom stereocenters. The van der Waals surface area contributed by atoms with Crippen LogP contribution in [0.3, 0.4) is 0 Å². The fourth-order valence-electron chi connectivity index (χ4n) is 1.63. The minimum atomic E-state index is -3.65. The van der Waals surface area contributed by atoms with Crippen molar-refractivity contribution in [2.24, 2.45) is 0 Å². The summed E-state index contributed by atoms with van der Waals surface area (Å²) in [6.07, 6.45) is 0. The lowest BCUT2D eigenvalue weighted by atomic mass is 10.1. The number of nitrogens with one attached hydrogen (secondary N) is 1. The predicted molar refractivity (Wildman–Crippen MR) is 75.6 cm³/mol. The van der Waals surface area contributed by atoms with Crippen LogP contribution in [0.4, 0.5) is 0 Å². The molecule has 7 heteroatoms. The van der Waals surface area contributed by atoms with Gasteiger partial charge in [-0.3, -0.25) is 0 Å². The number of hydrogen-bond donors (Lipinski definition) is 2. The summed E-state index contributed by atoms with van der Waals surface area (Å²) in [5.41, 5.74) is 1.84. The molecule has 0 atom stereocenters. The summed E-state index contributed by atoms with van der Waals surface area (Å²) in [6, 6.07) is 3.29. The Bertz CT molecular complexity index is 542. The van der Waals surface area contributed by atoms with Crippen LogP contribution < -0.4 is 9.46 Å². The number of methoxy groups -OCH3 is 1. The Balaban J connectivity index is 2.84. The molecule has 0 bridgehead atoms. The lowest BCUT2D eigenvalue weighted by Gasteiger charge is -2.13. The number of aliphatic hydroxyl groups is 1. The number of sulfonamides is 1. The Morgan fingerprint density at radius 1 is 1.20 bits per heavy atom. The molecule has 114 valence electrons. The highest BCUT2D eigenvalue weighted by Crippen LogP contribution is 2.26. The van der Waals surface area contributed by atoms with Crippen LogP contribution in [0.2, 0.25) is 0 Å². The first-order valence-electron chi connectivity index (χ1n) is 6.26. The van der Waals surface area contributed by atoms with Crippen molar-refractivity contribution < 1.29 is 23.0 Å². The van der Waals surface area contributed by atoms with Crippen LogP contribution in [-0.4, -0.2) is 47.0 Å². The molecule has 0 aliphatic heterocycles. The third-order valence-corrected chi connectivity index (χ3v) is 4.33. The molecule has 0 saturated carbocycles. The van der Waals surface area contributed by atoms with Crippen LogP contribution in [0, 0.1) is 13.8 Å². The minimum absolute atomic E-state index is 0.0856. The molecular weight excluding hydrogens is 282 g/mol. The summed E-state index contributed by atoms with van der Waals surface area (Å²) in [4.78, 5) is 0.116. The van der Waals surface area contributed by atoms with Gasteiger partial charge in [-0.25, -0.2) is 13.1 Å². The molecule has 0 aromatic heterocycles. The minimum Gasteiger partial charge on any atom is -0.495 e. The zero-order valence-electron chi connectivity index (χ0n) is 12.0. The number of hydrogen-bond acceptors (Lipinski definition) is 5. The second kappa shape index (κ2) is 7.58. The molecular formula is C13H21NO5S. The molecule has 20 heavy (non-hydrogen) atoms. The van der Waals surface area contributed by atoms with Crippen LogP contribution in [0.25, 0.3) is 0 Å². The predicted octanol–water partition coefficient (Wildman–Crippen LogP) is 0.599. The molecule has 2 N–H and O–H groups in total. The van der Waals surface area contributed by atoms with Crippen molar-refractivity contribution in [3.8, 4) is 5.75 Å². The van der Waals surface area contributed by atoms with E-state index in [0.29, 0.717) is 5.75 Å². The van der Waals surface area contributed by atoms with Crippen LogP contribution >= 0.6 is 0 Å². The maximum atomic E-state index is 12.2. The first-order valence-corrected chi connectivity index (χ1v) is 7.74. The van der Waals surface area contributed by atoms with Gasteiger partial charge in [-0.2, -0.15) is 0 Å². The van der Waals surface area contributed by atoms with Gasteiger partial charge in [-0.15, -0.1) is 0 Å². The molecule has 0 aliphatic rings. The van der Waals surface area contributed by atoms with Crippen molar-refractivity contribution >= 4 is 10.0 Å². The second-order valence-corrected chi connectivity index (χ2v) is 6.06. The quantitative estimate of drug-likeness (QED) is 0.687. The highest BCUT2D eigenvalue weighted by molar-refractivity contribution is 7.89. The van der Waals surface area contributed by atoms with Gasteiger partial charge in [0, 0.05) is 6.54 Å². The molecule has 0 heterocycles. The average molecular weight is 303 g/mol. The van der Waals surface area contributed by atoms with E-state index in [2.05, 4.69) is 4.72 Å². The maximum absolute atomic E-state index is 12.2. The molecule has 1 aromatic carbocycles. The summed E-state index contributed by atoms with van der Waals surface area (Å²) in [5.74, 6) is 0.317. The van der Waals surface area contributed by atoms with Gasteiger partial charge in [-0.1, -0.05) is 0 Å². The SMILES string of the molecule is COc1cc(C)c(C)cc1S(=O)(=O)NCCOCCO. The van der Waals surface area contributed by atoms with Crippen LogP contribution in [0.1, 0.15) is 11.1 Å². The van der Waals surface area contributed by atoms with E-state index >= 15 is 0 Å². The molecule has 0 radical (unpaired) electrons. The Morgan fingerprint density at radius 3 is 2.45 bits per heavy atom. The maximum Gasteiger partial charge on any atom is 0.244 e. The normalized spacial score (nSPS) is 11.6. The van der Waals surface area contributed by atoms with Gasteiger partial charge in [0.25, 0.3) is 0 Å². The van der Waals surface area contributed by atoms with Crippen LogP contribution in [0.5, 0.6) is 5.75 Å². The zero-order valence-corrected chi connectivity index (χ0v) is 12.8. The first-order chi connectivity index (χ1) is 9.42. The van der Waals surface area contributed by atoms with Crippen molar-refractivity contribution in [2.45, 2.75) is 18.7 Å². The number of aryl methyl sites for hydroxylation is 2. The van der Waals surface area contributed by atoms with Gasteiger partial charge in [0.05, 0.1) is 26.9 Å². The van der Waals surface area contributed by atoms with Gasteiger partial charge in [0.1, 0.15) is 10.6 Å². The molecule has 1 aromatic rings. The summed E-state index contributed by atoms with van der Waals surface area (Å²) in [7, 11) is -2.21. The Labute approximate surface area is 119 Å². The Hall–Kier alpha value is -1.15. The number of aliphatic hydroxyl groups excluding tert-OH is 1. The molecule has 0 fully saturated rings. The largest absolute Gasteiger partial charge is 0.495 e. The fourth-order valence-corrected chi connectivity index (χ4v) is 2.87. The van der Waals surface area contributed by atoms with E-state index in [-0.39, 0.29) is 31.3 Å². The van der Waals surface area contributed by atoms with Crippen molar-refractivity contribution in [1.29, 1.82) is 0 Å². The molecule has 1 rings (SSSR count). The van der Waals surface area contributed by atoms with E-state index in [1.165, 1.54) is 7.11 Å². The van der Waals surface area contributed by atoms with Gasteiger partial charge < -0.3 is 14.6 Å². The Morgan fingerprint density at radius 2 is 1.85 bits per heavy atom. The number of benzene rings is 1. The van der Waals surface area contributed by atoms with E-state index in [0.717, 1.165) is 11.1 Å². The van der Waals surface area contributed by atoms with Crippen molar-refractivity contribution in [2.75, 3.05) is 33.5 Å². The van der Waals surface area contributed by atoms with E-state index in [4.69, 9.17) is 14.6 Å². The summed E-state index contributed by atoms with van der Waals surface area (Å²) in [5, 5.41) is 8.55. The van der Waals surface area contributed by atoms with Crippen LogP contribution in [0.15, 0.2) is 17.0 Å². The molecule has 0 saturated heterocycles. The van der Waals surface area contributed by atoms with E-state index in [1.54, 1.807) is 12.1 Å². The molecule has 6 nitrogen and oxygen atoms in total. The van der Waals surface area contributed by atoms with E-state index in [9.17, 15) is 8.42 Å². The lowest BCUT2D eigenvalue weighted by molar-refractivity contribution is 0.0961. The van der Waals surface area contributed by atoms with Gasteiger partial charge in [-0.05, 0) is 37.1 Å². The summed E-state index contributed by atoms with van der Waals surface area (Å²) < 4.78 is 37.0. The third-order valence-electron chi connectivity index (χ3n) is 2.84. The lowest BCUT2D eigenvalue weighted by Crippen LogP contribution is -2.28. The van der Waals surface area contributed by atoms with E-state index < -0.39 is 10.0 Å². The van der Waals surface area contributed by atoms with Crippen molar-refractivity contribution in [3.63, 3.8) is 0 Å². The zero-order chi connectivity index (χ0) is 15.2. The molecule has 0 spiro atoms. The number of ether oxygens (including phenoxy) is 2. The molecule has 0 amide bonds. The molecule has 0 aliphatic carbocycles. The average Bonchev–Trinajstić information content (AvgIpc) is 2.41. The van der Waals surface area contributed by atoms with Gasteiger partial charge in [0.15, 0.2) is 0 Å². The van der Waals surface area contributed by atoms with Gasteiger partial charge in [0.2, 0.25) is 10.0 Å². The van der Waals surface area contributed by atoms with Gasteiger partial charge >= 0.3 is 0 Å². The first kappa shape index (κ1) is 16.9. The Kier molecular flexibility index (Phi) is 6.41. The van der Waals surface area contributed by atoms with Crippen LogP contribution in [-0.2, 0) is 14.8 Å². The highest BCUT2D eigenvalue weighted by Gasteiger charge is 2.20. The highest BCUT2D eigenvalue weighted by atomic mass is 32.2. The fraction of sp³-hybridized carbons (Fsp3) is 0.538. The topological polar surface area (TPSA) is 84.9 Å². The summed E-state index contributed by atoms with van der Waals surface area (Å²) in [6.45, 7) is 4.18. The smallest absolute Gasteiger partial charge is 0.244 e. The third kappa shape index (κ3) is 4.45. The standard InChI is InChI=1S/C13H21NO5S/c1-10-8-12(18-3)13(9-11(10)2)20(16,17)14-4-6-19-7-5-15/h8-9,14-15H,4-7H2,1-3H3. The number of rotatable bonds is 8. The van der Waals surface area contributed by atoms with Crippen molar-refractivity contribution in [3.05, 3.63) is 23.3 Å². The monoisotopic (exact) mass is 303 g/mol. The van der Waals surface area contributed by atoms with Crippen molar-refractivity contribution in [1.82, 2.24) is 4.72 Å². The summed E-state index contributed by atoms with van der Waals surface area (Å²) >= 11 is 0. The second-order valence-electron chi connectivity index (χ2n) is 4.32.